The van der Waals surface area contributed by atoms with Crippen molar-refractivity contribution in [3.63, 3.8) is 0 Å². The first-order valence-electron chi connectivity index (χ1n) is 11.1. The minimum atomic E-state index is -1.07. The molecule has 0 aliphatic rings. The van der Waals surface area contributed by atoms with Crippen LogP contribution in [0.5, 0.6) is 0 Å². The normalized spacial score (nSPS) is 11.7. The van der Waals surface area contributed by atoms with Gasteiger partial charge in [0, 0.05) is 26.5 Å². The van der Waals surface area contributed by atoms with Crippen molar-refractivity contribution in [1.29, 1.82) is 0 Å². The number of nitrogens with zero attached hydrogens (tertiary/aromatic N) is 1. The molecular weight excluding hydrogens is 502 g/mol. The number of para-hydroxylation sites is 1. The molecule has 5 rings (SSSR count). The van der Waals surface area contributed by atoms with Gasteiger partial charge in [-0.05, 0) is 24.3 Å². The number of rotatable bonds is 6. The van der Waals surface area contributed by atoms with Crippen molar-refractivity contribution >= 4 is 38.6 Å². The average Bonchev–Trinajstić information content (AvgIpc) is 2.92. The standard InChI is InChI=1S/C30H20BrNO3/c31-23-17-15-20(16-18-23)27-19-25(24-13-7-8-14-26(24)32-27)30(34)35-29(22-11-5-2-6-12-22)28(33)21-9-3-1-4-10-21/h1-19,29H/t29-/m0/s1. The van der Waals surface area contributed by atoms with E-state index < -0.39 is 12.1 Å². The lowest BCUT2D eigenvalue weighted by atomic mass is 9.99. The van der Waals surface area contributed by atoms with Crippen molar-refractivity contribution < 1.29 is 14.3 Å². The molecule has 4 nitrogen and oxygen atoms in total. The van der Waals surface area contributed by atoms with Crippen molar-refractivity contribution in [2.45, 2.75) is 6.10 Å². The van der Waals surface area contributed by atoms with Crippen molar-refractivity contribution in [2.24, 2.45) is 0 Å². The van der Waals surface area contributed by atoms with Crippen molar-refractivity contribution in [3.05, 3.63) is 136 Å². The van der Waals surface area contributed by atoms with Crippen LogP contribution in [0.15, 0.2) is 120 Å². The first-order valence-corrected chi connectivity index (χ1v) is 11.9. The molecule has 0 saturated carbocycles. The maximum absolute atomic E-state index is 13.6. The van der Waals surface area contributed by atoms with Crippen molar-refractivity contribution in [3.8, 4) is 11.3 Å². The van der Waals surface area contributed by atoms with E-state index in [0.717, 1.165) is 10.0 Å². The summed E-state index contributed by atoms with van der Waals surface area (Å²) in [6, 6.07) is 34.8. The van der Waals surface area contributed by atoms with Gasteiger partial charge in [0.25, 0.3) is 0 Å². The lowest BCUT2D eigenvalue weighted by Crippen LogP contribution is -2.20. The highest BCUT2D eigenvalue weighted by Crippen LogP contribution is 2.29. The summed E-state index contributed by atoms with van der Waals surface area (Å²) in [6.45, 7) is 0. The Morgan fingerprint density at radius 1 is 0.743 bits per heavy atom. The summed E-state index contributed by atoms with van der Waals surface area (Å²) in [5, 5.41) is 0.664. The molecule has 1 heterocycles. The molecule has 0 N–H and O–H groups in total. The van der Waals surface area contributed by atoms with Crippen LogP contribution in [0.4, 0.5) is 0 Å². The molecule has 5 heteroatoms. The van der Waals surface area contributed by atoms with Crippen LogP contribution in [-0.4, -0.2) is 16.7 Å². The first-order chi connectivity index (χ1) is 17.1. The number of Topliss-reactive ketones (excluding diaryl/α,β-unsaturated/α-hetero) is 1. The van der Waals surface area contributed by atoms with Gasteiger partial charge in [-0.15, -0.1) is 0 Å². The summed E-state index contributed by atoms with van der Waals surface area (Å²) in [4.78, 5) is 31.8. The monoisotopic (exact) mass is 521 g/mol. The molecule has 0 aliphatic heterocycles. The van der Waals surface area contributed by atoms with Gasteiger partial charge >= 0.3 is 5.97 Å². The Morgan fingerprint density at radius 2 is 1.37 bits per heavy atom. The van der Waals surface area contributed by atoms with Crippen LogP contribution in [0.1, 0.15) is 32.4 Å². The van der Waals surface area contributed by atoms with Crippen LogP contribution in [0, 0.1) is 0 Å². The zero-order valence-electron chi connectivity index (χ0n) is 18.6. The number of esters is 1. The van der Waals surface area contributed by atoms with Crippen LogP contribution in [0.25, 0.3) is 22.2 Å². The molecule has 4 aromatic carbocycles. The van der Waals surface area contributed by atoms with E-state index >= 15 is 0 Å². The highest BCUT2D eigenvalue weighted by molar-refractivity contribution is 9.10. The van der Waals surface area contributed by atoms with E-state index in [1.807, 2.05) is 72.8 Å². The fraction of sp³-hybridized carbons (Fsp3) is 0.0333. The van der Waals surface area contributed by atoms with Gasteiger partial charge in [0.15, 0.2) is 6.10 Å². The Hall–Kier alpha value is -4.09. The number of halogens is 1. The smallest absolute Gasteiger partial charge is 0.339 e. The second-order valence-electron chi connectivity index (χ2n) is 8.01. The quantitative estimate of drug-likeness (QED) is 0.172. The molecule has 0 unspecified atom stereocenters. The Balaban J connectivity index is 1.57. The molecule has 0 spiro atoms. The third kappa shape index (κ3) is 4.91. The average molecular weight is 522 g/mol. The SMILES string of the molecule is O=C(O[C@H](C(=O)c1ccccc1)c1ccccc1)c1cc(-c2ccc(Br)cc2)nc2ccccc12. The predicted molar refractivity (Wildman–Crippen MR) is 140 cm³/mol. The lowest BCUT2D eigenvalue weighted by Gasteiger charge is -2.18. The zero-order valence-corrected chi connectivity index (χ0v) is 20.2. The van der Waals surface area contributed by atoms with Crippen LogP contribution >= 0.6 is 15.9 Å². The molecule has 1 aromatic heterocycles. The molecule has 0 fully saturated rings. The van der Waals surface area contributed by atoms with Gasteiger partial charge in [-0.1, -0.05) is 107 Å². The predicted octanol–water partition coefficient (Wildman–Crippen LogP) is 7.45. The van der Waals surface area contributed by atoms with E-state index in [1.165, 1.54) is 0 Å². The van der Waals surface area contributed by atoms with Crippen molar-refractivity contribution in [2.75, 3.05) is 0 Å². The van der Waals surface area contributed by atoms with Gasteiger partial charge in [0.2, 0.25) is 5.78 Å². The number of fused-ring (bicyclic) bond motifs is 1. The van der Waals surface area contributed by atoms with E-state index in [1.54, 1.807) is 42.5 Å². The van der Waals surface area contributed by atoms with Crippen LogP contribution in [0.3, 0.4) is 0 Å². The van der Waals surface area contributed by atoms with Gasteiger partial charge in [0.05, 0.1) is 16.8 Å². The topological polar surface area (TPSA) is 56.3 Å². The molecule has 35 heavy (non-hydrogen) atoms. The number of carbonyl (C=O) groups excluding carboxylic acids is 2. The maximum Gasteiger partial charge on any atom is 0.339 e. The fourth-order valence-electron chi connectivity index (χ4n) is 3.94. The molecule has 0 radical (unpaired) electrons. The summed E-state index contributed by atoms with van der Waals surface area (Å²) in [6.07, 6.45) is -1.07. The summed E-state index contributed by atoms with van der Waals surface area (Å²) in [5.41, 5.74) is 3.63. The Kier molecular flexibility index (Phi) is 6.51. The fourth-order valence-corrected chi connectivity index (χ4v) is 4.20. The number of pyridine rings is 1. The van der Waals surface area contributed by atoms with Gasteiger partial charge < -0.3 is 4.74 Å². The van der Waals surface area contributed by atoms with Crippen LogP contribution in [-0.2, 0) is 4.74 Å². The molecule has 1 atom stereocenters. The second-order valence-corrected chi connectivity index (χ2v) is 8.92. The first kappa shape index (κ1) is 22.7. The Morgan fingerprint density at radius 3 is 2.09 bits per heavy atom. The number of hydrogen-bond acceptors (Lipinski definition) is 4. The minimum Gasteiger partial charge on any atom is -0.445 e. The molecule has 0 aliphatic carbocycles. The zero-order chi connectivity index (χ0) is 24.2. The number of benzene rings is 4. The molecule has 5 aromatic rings. The summed E-state index contributed by atoms with van der Waals surface area (Å²) in [7, 11) is 0. The van der Waals surface area contributed by atoms with E-state index in [4.69, 9.17) is 9.72 Å². The second kappa shape index (κ2) is 10.0. The number of carbonyl (C=O) groups is 2. The minimum absolute atomic E-state index is 0.281. The van der Waals surface area contributed by atoms with E-state index in [-0.39, 0.29) is 5.78 Å². The summed E-state index contributed by atoms with van der Waals surface area (Å²) in [5.74, 6) is -0.864. The highest BCUT2D eigenvalue weighted by atomic mass is 79.9. The van der Waals surface area contributed by atoms with Gasteiger partial charge in [-0.2, -0.15) is 0 Å². The van der Waals surface area contributed by atoms with Crippen molar-refractivity contribution in [1.82, 2.24) is 4.98 Å². The third-order valence-electron chi connectivity index (χ3n) is 5.70. The molecule has 0 bridgehead atoms. The molecule has 170 valence electrons. The van der Waals surface area contributed by atoms with E-state index in [9.17, 15) is 9.59 Å². The highest BCUT2D eigenvalue weighted by Gasteiger charge is 2.27. The largest absolute Gasteiger partial charge is 0.445 e. The summed E-state index contributed by atoms with van der Waals surface area (Å²) >= 11 is 3.45. The molecular formula is C30H20BrNO3. The van der Waals surface area contributed by atoms with Crippen LogP contribution < -0.4 is 0 Å². The van der Waals surface area contributed by atoms with Crippen LogP contribution in [0.2, 0.25) is 0 Å². The third-order valence-corrected chi connectivity index (χ3v) is 6.23. The summed E-state index contributed by atoms with van der Waals surface area (Å²) < 4.78 is 6.88. The number of aromatic nitrogens is 1. The van der Waals surface area contributed by atoms with Gasteiger partial charge in [0.1, 0.15) is 0 Å². The number of hydrogen-bond donors (Lipinski definition) is 0. The Labute approximate surface area is 211 Å². The lowest BCUT2D eigenvalue weighted by molar-refractivity contribution is 0.0282. The Bertz CT molecular complexity index is 1500. The van der Waals surface area contributed by atoms with Gasteiger partial charge in [-0.3, -0.25) is 4.79 Å². The maximum atomic E-state index is 13.6. The molecule has 0 saturated heterocycles. The van der Waals surface area contributed by atoms with E-state index in [0.29, 0.717) is 33.3 Å². The number of ether oxygens (including phenoxy) is 1. The van der Waals surface area contributed by atoms with Gasteiger partial charge in [-0.25, -0.2) is 9.78 Å². The molecule has 0 amide bonds. The number of ketones is 1. The van der Waals surface area contributed by atoms with E-state index in [2.05, 4.69) is 15.9 Å².